The normalized spacial score (nSPS) is 11.4. The third-order valence-electron chi connectivity index (χ3n) is 7.11. The zero-order chi connectivity index (χ0) is 31.5. The molecule has 0 aliphatic rings. The van der Waals surface area contributed by atoms with Gasteiger partial charge in [-0.25, -0.2) is 4.98 Å². The van der Waals surface area contributed by atoms with Gasteiger partial charge in [0.15, 0.2) is 5.82 Å². The molecule has 0 atom stereocenters. The number of benzene rings is 4. The lowest BCUT2D eigenvalue weighted by atomic mass is 9.96. The van der Waals surface area contributed by atoms with Crippen LogP contribution in [0.4, 0.5) is 5.69 Å². The first-order valence-corrected chi connectivity index (χ1v) is 15.3. The molecule has 11 heteroatoms. The molecule has 0 fully saturated rings. The van der Waals surface area contributed by atoms with Gasteiger partial charge in [-0.1, -0.05) is 70.0 Å². The molecular formula is C33H28Br2N4O5. The van der Waals surface area contributed by atoms with Gasteiger partial charge in [-0.2, -0.15) is 9.78 Å². The Bertz CT molecular complexity index is 1990. The van der Waals surface area contributed by atoms with Gasteiger partial charge in [0.05, 0.1) is 29.2 Å². The predicted octanol–water partition coefficient (Wildman–Crippen LogP) is 8.40. The molecule has 1 heterocycles. The summed E-state index contributed by atoms with van der Waals surface area (Å²) in [5, 5.41) is 16.9. The first-order chi connectivity index (χ1) is 21.1. The van der Waals surface area contributed by atoms with Gasteiger partial charge in [0.2, 0.25) is 5.75 Å². The molecule has 9 nitrogen and oxygen atoms in total. The Hall–Kier alpha value is -4.35. The minimum atomic E-state index is -0.507. The van der Waals surface area contributed by atoms with Gasteiger partial charge >= 0.3 is 5.69 Å². The summed E-state index contributed by atoms with van der Waals surface area (Å²) in [7, 11) is 1.63. The lowest BCUT2D eigenvalue weighted by Gasteiger charge is -2.17. The maximum Gasteiger partial charge on any atom is 0.311 e. The zero-order valence-electron chi connectivity index (χ0n) is 24.4. The molecule has 0 saturated carbocycles. The number of aromatic nitrogens is 2. The number of methoxy groups -OCH3 is 1. The maximum atomic E-state index is 13.9. The second-order valence-corrected chi connectivity index (χ2v) is 12.1. The van der Waals surface area contributed by atoms with Gasteiger partial charge in [0, 0.05) is 31.7 Å². The third-order valence-corrected chi connectivity index (χ3v) is 8.35. The molecule has 5 rings (SSSR count). The second kappa shape index (κ2) is 13.1. The van der Waals surface area contributed by atoms with Crippen molar-refractivity contribution in [2.45, 2.75) is 33.3 Å². The summed E-state index contributed by atoms with van der Waals surface area (Å²) in [6.45, 7) is 6.11. The first-order valence-electron chi connectivity index (χ1n) is 13.7. The number of rotatable bonds is 9. The van der Waals surface area contributed by atoms with Crippen molar-refractivity contribution in [3.8, 4) is 22.9 Å². The van der Waals surface area contributed by atoms with Gasteiger partial charge < -0.3 is 9.47 Å². The number of ether oxygens (including phenoxy) is 2. The highest BCUT2D eigenvalue weighted by atomic mass is 79.9. The maximum absolute atomic E-state index is 13.9. The SMILES string of the molecule is COc1cc(C)c(-c2nc3ccccc3c(=O)n2N=Cc2cccc([N+](=O)[O-])c2OCc2ccc(Br)cc2Br)cc1C(C)C. The second-order valence-electron chi connectivity index (χ2n) is 10.4. The molecule has 1 aromatic heterocycles. The summed E-state index contributed by atoms with van der Waals surface area (Å²) >= 11 is 6.94. The topological polar surface area (TPSA) is 109 Å². The van der Waals surface area contributed by atoms with E-state index in [2.05, 4.69) is 50.8 Å². The van der Waals surface area contributed by atoms with Gasteiger partial charge in [0.1, 0.15) is 12.4 Å². The van der Waals surface area contributed by atoms with Crippen molar-refractivity contribution in [1.82, 2.24) is 9.66 Å². The number of aryl methyl sites for hydroxylation is 1. The summed E-state index contributed by atoms with van der Waals surface area (Å²) in [6.07, 6.45) is 1.39. The van der Waals surface area contributed by atoms with Crippen LogP contribution in [0.3, 0.4) is 0 Å². The van der Waals surface area contributed by atoms with Crippen molar-refractivity contribution in [2.24, 2.45) is 5.10 Å². The number of fused-ring (bicyclic) bond motifs is 1. The van der Waals surface area contributed by atoms with Crippen LogP contribution in [0.1, 0.15) is 42.0 Å². The number of hydrogen-bond donors (Lipinski definition) is 0. The lowest BCUT2D eigenvalue weighted by Crippen LogP contribution is -2.21. The van der Waals surface area contributed by atoms with E-state index < -0.39 is 4.92 Å². The van der Waals surface area contributed by atoms with E-state index in [1.165, 1.54) is 17.0 Å². The number of nitro groups is 1. The van der Waals surface area contributed by atoms with E-state index in [0.29, 0.717) is 27.9 Å². The van der Waals surface area contributed by atoms with Crippen molar-refractivity contribution in [3.05, 3.63) is 124 Å². The molecule has 0 amide bonds. The Kier molecular flexibility index (Phi) is 9.26. The fourth-order valence-electron chi connectivity index (χ4n) is 4.83. The summed E-state index contributed by atoms with van der Waals surface area (Å²) in [5.74, 6) is 1.25. The van der Waals surface area contributed by atoms with Crippen LogP contribution < -0.4 is 15.0 Å². The van der Waals surface area contributed by atoms with Crippen LogP contribution in [0.15, 0.2) is 91.6 Å². The largest absolute Gasteiger partial charge is 0.496 e. The molecule has 0 radical (unpaired) electrons. The summed E-state index contributed by atoms with van der Waals surface area (Å²) in [6, 6.07) is 21.1. The van der Waals surface area contributed by atoms with Gasteiger partial charge in [-0.3, -0.25) is 14.9 Å². The highest BCUT2D eigenvalue weighted by molar-refractivity contribution is 9.11. The molecule has 0 aliphatic carbocycles. The van der Waals surface area contributed by atoms with Gasteiger partial charge in [0.25, 0.3) is 5.56 Å². The van der Waals surface area contributed by atoms with Crippen LogP contribution in [-0.4, -0.2) is 27.9 Å². The first kappa shape index (κ1) is 31.1. The minimum Gasteiger partial charge on any atom is -0.496 e. The Morgan fingerprint density at radius 3 is 2.55 bits per heavy atom. The molecule has 4 aromatic carbocycles. The number of hydrogen-bond acceptors (Lipinski definition) is 7. The van der Waals surface area contributed by atoms with E-state index in [4.69, 9.17) is 14.5 Å². The van der Waals surface area contributed by atoms with Crippen LogP contribution in [0, 0.1) is 17.0 Å². The molecule has 44 heavy (non-hydrogen) atoms. The van der Waals surface area contributed by atoms with E-state index in [9.17, 15) is 14.9 Å². The quantitative estimate of drug-likeness (QED) is 0.0860. The Labute approximate surface area is 270 Å². The van der Waals surface area contributed by atoms with Crippen molar-refractivity contribution in [2.75, 3.05) is 7.11 Å². The zero-order valence-corrected chi connectivity index (χ0v) is 27.5. The standard InChI is InChI=1S/C33H28Br2N4O5/c1-19(2)25-16-26(20(3)14-30(25)43-4)32-37-28-10-6-5-9-24(28)33(40)38(32)36-17-21-8-7-11-29(39(41)42)31(21)44-18-22-12-13-23(34)15-27(22)35/h5-17,19H,18H2,1-4H3. The van der Waals surface area contributed by atoms with Crippen molar-refractivity contribution in [3.63, 3.8) is 0 Å². The number of nitro benzene ring substituents is 1. The highest BCUT2D eigenvalue weighted by Gasteiger charge is 2.21. The molecule has 5 aromatic rings. The lowest BCUT2D eigenvalue weighted by molar-refractivity contribution is -0.386. The molecule has 0 bridgehead atoms. The van der Waals surface area contributed by atoms with Crippen LogP contribution in [0.25, 0.3) is 22.3 Å². The van der Waals surface area contributed by atoms with E-state index in [-0.39, 0.29) is 29.5 Å². The van der Waals surface area contributed by atoms with Crippen molar-refractivity contribution < 1.29 is 14.4 Å². The van der Waals surface area contributed by atoms with Crippen LogP contribution in [0.5, 0.6) is 11.5 Å². The van der Waals surface area contributed by atoms with E-state index in [0.717, 1.165) is 31.4 Å². The van der Waals surface area contributed by atoms with Crippen LogP contribution in [-0.2, 0) is 6.61 Å². The monoisotopic (exact) mass is 718 g/mol. The van der Waals surface area contributed by atoms with E-state index in [1.54, 1.807) is 37.4 Å². The average molecular weight is 720 g/mol. The van der Waals surface area contributed by atoms with Crippen LogP contribution >= 0.6 is 31.9 Å². The highest BCUT2D eigenvalue weighted by Crippen LogP contribution is 2.35. The number of nitrogens with zero attached hydrogens (tertiary/aromatic N) is 4. The Morgan fingerprint density at radius 2 is 1.84 bits per heavy atom. The predicted molar refractivity (Wildman–Crippen MR) is 179 cm³/mol. The van der Waals surface area contributed by atoms with Crippen molar-refractivity contribution in [1.29, 1.82) is 0 Å². The third kappa shape index (κ3) is 6.29. The van der Waals surface area contributed by atoms with Gasteiger partial charge in [-0.05, 0) is 66.4 Å². The summed E-state index contributed by atoms with van der Waals surface area (Å²) in [5.41, 5.74) is 3.56. The van der Waals surface area contributed by atoms with E-state index in [1.807, 2.05) is 43.3 Å². The molecule has 0 spiro atoms. The number of para-hydroxylation sites is 2. The van der Waals surface area contributed by atoms with E-state index >= 15 is 0 Å². The molecule has 0 aliphatic heterocycles. The smallest absolute Gasteiger partial charge is 0.311 e. The number of halogens is 2. The van der Waals surface area contributed by atoms with Gasteiger partial charge in [-0.15, -0.1) is 0 Å². The fraction of sp³-hybridized carbons (Fsp3) is 0.182. The summed E-state index contributed by atoms with van der Waals surface area (Å²) in [4.78, 5) is 30.2. The van der Waals surface area contributed by atoms with Crippen molar-refractivity contribution >= 4 is 54.7 Å². The summed E-state index contributed by atoms with van der Waals surface area (Å²) < 4.78 is 14.6. The molecule has 224 valence electrons. The Balaban J connectivity index is 1.67. The fourth-order valence-corrected chi connectivity index (χ4v) is 5.99. The minimum absolute atomic E-state index is 0.0298. The molecule has 0 N–H and O–H groups in total. The average Bonchev–Trinajstić information content (AvgIpc) is 3.00. The molecular weight excluding hydrogens is 692 g/mol. The molecule has 0 saturated heterocycles. The van der Waals surface area contributed by atoms with Crippen LogP contribution in [0.2, 0.25) is 0 Å². The molecule has 0 unspecified atom stereocenters. The Morgan fingerprint density at radius 1 is 1.07 bits per heavy atom.